The number of fused-ring (bicyclic) bond motifs is 5. The van der Waals surface area contributed by atoms with Gasteiger partial charge in [0.1, 0.15) is 0 Å². The maximum atomic E-state index is 12.6. The SMILES string of the molecule is CC12CCCCC1CCC1C2CCC2(C)C1CCC2(O)CNC(=O)NC1CCCCC1. The maximum absolute atomic E-state index is 12.6. The van der Waals surface area contributed by atoms with E-state index in [-0.39, 0.29) is 11.4 Å². The van der Waals surface area contributed by atoms with E-state index < -0.39 is 5.60 Å². The lowest BCUT2D eigenvalue weighted by atomic mass is 9.44. The Kier molecular flexibility index (Phi) is 5.85. The first kappa shape index (κ1) is 22.0. The first-order chi connectivity index (χ1) is 14.9. The van der Waals surface area contributed by atoms with E-state index in [9.17, 15) is 9.90 Å². The van der Waals surface area contributed by atoms with Gasteiger partial charge in [-0.3, -0.25) is 0 Å². The molecule has 0 saturated heterocycles. The smallest absolute Gasteiger partial charge is 0.315 e. The van der Waals surface area contributed by atoms with Crippen LogP contribution in [0.5, 0.6) is 0 Å². The highest BCUT2D eigenvalue weighted by Gasteiger charge is 2.64. The summed E-state index contributed by atoms with van der Waals surface area (Å²) in [5, 5.41) is 18.1. The Morgan fingerprint density at radius 1 is 0.839 bits per heavy atom. The molecule has 31 heavy (non-hydrogen) atoms. The van der Waals surface area contributed by atoms with E-state index >= 15 is 0 Å². The van der Waals surface area contributed by atoms with Crippen molar-refractivity contribution in [1.82, 2.24) is 10.6 Å². The number of amides is 2. The number of nitrogens with one attached hydrogen (secondary N) is 2. The molecule has 5 fully saturated rings. The summed E-state index contributed by atoms with van der Waals surface area (Å²) in [5.74, 6) is 3.20. The van der Waals surface area contributed by atoms with Gasteiger partial charge in [-0.1, -0.05) is 46.0 Å². The molecule has 0 aromatic rings. The molecule has 0 spiro atoms. The molecule has 3 N–H and O–H groups in total. The summed E-state index contributed by atoms with van der Waals surface area (Å²) in [6.07, 6.45) is 18.8. The fourth-order valence-electron chi connectivity index (χ4n) is 9.41. The van der Waals surface area contributed by atoms with Crippen molar-refractivity contribution in [1.29, 1.82) is 0 Å². The van der Waals surface area contributed by atoms with Crippen molar-refractivity contribution in [2.75, 3.05) is 6.54 Å². The lowest BCUT2D eigenvalue weighted by Crippen LogP contribution is -2.59. The standard InChI is InChI=1S/C27H46N2O2/c1-25-15-7-6-8-19(25)11-12-21-22(25)13-16-26(2)23(21)14-17-27(26,31)18-28-24(30)29-20-9-4-3-5-10-20/h19-23,31H,3-18H2,1-2H3,(H2,28,29,30). The molecule has 0 radical (unpaired) electrons. The maximum Gasteiger partial charge on any atom is 0.315 e. The second-order valence-corrected chi connectivity index (χ2v) is 12.6. The van der Waals surface area contributed by atoms with E-state index in [1.54, 1.807) is 0 Å². The van der Waals surface area contributed by atoms with Crippen molar-refractivity contribution in [2.45, 2.75) is 122 Å². The number of hydrogen-bond donors (Lipinski definition) is 3. The summed E-state index contributed by atoms with van der Waals surface area (Å²) in [4.78, 5) is 12.6. The van der Waals surface area contributed by atoms with Crippen LogP contribution in [0, 0.1) is 34.5 Å². The van der Waals surface area contributed by atoms with Gasteiger partial charge in [0, 0.05) is 18.0 Å². The molecule has 0 bridgehead atoms. The molecule has 4 heteroatoms. The Balaban J connectivity index is 1.25. The Hall–Kier alpha value is -0.770. The fraction of sp³-hybridized carbons (Fsp3) is 0.963. The zero-order valence-electron chi connectivity index (χ0n) is 20.1. The summed E-state index contributed by atoms with van der Waals surface area (Å²) in [7, 11) is 0. The van der Waals surface area contributed by atoms with Crippen LogP contribution in [0.4, 0.5) is 4.79 Å². The molecular formula is C27H46N2O2. The minimum atomic E-state index is -0.753. The van der Waals surface area contributed by atoms with Gasteiger partial charge in [-0.15, -0.1) is 0 Å². The highest BCUT2D eigenvalue weighted by molar-refractivity contribution is 5.74. The van der Waals surface area contributed by atoms with Crippen LogP contribution in [0.2, 0.25) is 0 Å². The number of rotatable bonds is 3. The summed E-state index contributed by atoms with van der Waals surface area (Å²) in [5.41, 5.74) is -0.262. The average Bonchev–Trinajstić information content (AvgIpc) is 3.04. The molecule has 176 valence electrons. The zero-order valence-corrected chi connectivity index (χ0v) is 20.1. The lowest BCUT2D eigenvalue weighted by molar-refractivity contribution is -0.149. The van der Waals surface area contributed by atoms with E-state index in [1.165, 1.54) is 64.2 Å². The van der Waals surface area contributed by atoms with Crippen molar-refractivity contribution in [3.8, 4) is 0 Å². The number of hydrogen-bond acceptors (Lipinski definition) is 2. The van der Waals surface area contributed by atoms with Gasteiger partial charge in [-0.25, -0.2) is 4.79 Å². The molecule has 7 atom stereocenters. The van der Waals surface area contributed by atoms with Gasteiger partial charge in [0.25, 0.3) is 0 Å². The van der Waals surface area contributed by atoms with Crippen LogP contribution in [0.25, 0.3) is 0 Å². The molecule has 0 aromatic carbocycles. The van der Waals surface area contributed by atoms with Crippen molar-refractivity contribution in [3.05, 3.63) is 0 Å². The van der Waals surface area contributed by atoms with Crippen LogP contribution in [0.15, 0.2) is 0 Å². The van der Waals surface area contributed by atoms with Gasteiger partial charge in [0.15, 0.2) is 0 Å². The molecule has 5 rings (SSSR count). The van der Waals surface area contributed by atoms with Crippen LogP contribution in [0.3, 0.4) is 0 Å². The van der Waals surface area contributed by atoms with Crippen LogP contribution in [-0.2, 0) is 0 Å². The molecule has 2 amide bonds. The van der Waals surface area contributed by atoms with Gasteiger partial charge in [-0.2, -0.15) is 0 Å². The number of carbonyl (C=O) groups excluding carboxylic acids is 1. The predicted molar refractivity (Wildman–Crippen MR) is 125 cm³/mol. The molecule has 5 aliphatic carbocycles. The summed E-state index contributed by atoms with van der Waals surface area (Å²) >= 11 is 0. The minimum Gasteiger partial charge on any atom is -0.387 e. The summed E-state index contributed by atoms with van der Waals surface area (Å²) in [6.45, 7) is 5.39. The van der Waals surface area contributed by atoms with E-state index in [2.05, 4.69) is 24.5 Å². The monoisotopic (exact) mass is 430 g/mol. The molecule has 0 heterocycles. The van der Waals surface area contributed by atoms with E-state index in [0.717, 1.165) is 49.9 Å². The van der Waals surface area contributed by atoms with Crippen molar-refractivity contribution in [3.63, 3.8) is 0 Å². The highest BCUT2D eigenvalue weighted by atomic mass is 16.3. The van der Waals surface area contributed by atoms with Crippen molar-refractivity contribution >= 4 is 6.03 Å². The fourth-order valence-corrected chi connectivity index (χ4v) is 9.41. The van der Waals surface area contributed by atoms with Crippen LogP contribution in [0.1, 0.15) is 110 Å². The van der Waals surface area contributed by atoms with Gasteiger partial charge in [-0.05, 0) is 93.3 Å². The molecule has 5 aliphatic rings. The first-order valence-electron chi connectivity index (χ1n) is 13.6. The highest BCUT2D eigenvalue weighted by Crippen LogP contribution is 2.68. The molecular weight excluding hydrogens is 384 g/mol. The van der Waals surface area contributed by atoms with Crippen LogP contribution >= 0.6 is 0 Å². The Morgan fingerprint density at radius 2 is 1.58 bits per heavy atom. The lowest BCUT2D eigenvalue weighted by Gasteiger charge is -2.61. The number of carbonyl (C=O) groups is 1. The minimum absolute atomic E-state index is 0.0514. The quantitative estimate of drug-likeness (QED) is 0.531. The van der Waals surface area contributed by atoms with Crippen LogP contribution in [-0.4, -0.2) is 29.3 Å². The second-order valence-electron chi connectivity index (χ2n) is 12.6. The van der Waals surface area contributed by atoms with E-state index in [1.807, 2.05) is 0 Å². The van der Waals surface area contributed by atoms with Gasteiger partial charge < -0.3 is 15.7 Å². The Labute approximate surface area is 189 Å². The van der Waals surface area contributed by atoms with Gasteiger partial charge >= 0.3 is 6.03 Å². The molecule has 5 saturated carbocycles. The second kappa shape index (κ2) is 8.22. The van der Waals surface area contributed by atoms with Crippen molar-refractivity contribution < 1.29 is 9.90 Å². The van der Waals surface area contributed by atoms with E-state index in [0.29, 0.717) is 23.9 Å². The molecule has 4 nitrogen and oxygen atoms in total. The summed E-state index contributed by atoms with van der Waals surface area (Å²) in [6, 6.07) is 0.244. The predicted octanol–water partition coefficient (Wildman–Crippen LogP) is 5.78. The van der Waals surface area contributed by atoms with Gasteiger partial charge in [0.05, 0.1) is 5.60 Å². The summed E-state index contributed by atoms with van der Waals surface area (Å²) < 4.78 is 0. The molecule has 0 aromatic heterocycles. The van der Waals surface area contributed by atoms with Crippen molar-refractivity contribution in [2.24, 2.45) is 34.5 Å². The average molecular weight is 431 g/mol. The van der Waals surface area contributed by atoms with Crippen LogP contribution < -0.4 is 10.6 Å². The Bertz CT molecular complexity index is 676. The number of urea groups is 1. The zero-order chi connectivity index (χ0) is 21.7. The largest absolute Gasteiger partial charge is 0.387 e. The third kappa shape index (κ3) is 3.63. The number of aliphatic hydroxyl groups is 1. The third-order valence-corrected chi connectivity index (χ3v) is 11.4. The first-order valence-corrected chi connectivity index (χ1v) is 13.6. The molecule has 0 aliphatic heterocycles. The Morgan fingerprint density at radius 3 is 2.39 bits per heavy atom. The third-order valence-electron chi connectivity index (χ3n) is 11.4. The normalized spacial score (nSPS) is 47.7. The van der Waals surface area contributed by atoms with E-state index in [4.69, 9.17) is 0 Å². The van der Waals surface area contributed by atoms with Gasteiger partial charge in [0.2, 0.25) is 0 Å². The molecule has 7 unspecified atom stereocenters. The topological polar surface area (TPSA) is 61.4 Å².